The van der Waals surface area contributed by atoms with E-state index in [-0.39, 0.29) is 5.78 Å². The zero-order chi connectivity index (χ0) is 13.4. The fraction of sp³-hybridized carbons (Fsp3) is 0.667. The van der Waals surface area contributed by atoms with Gasteiger partial charge in [0.25, 0.3) is 0 Å². The topological polar surface area (TPSA) is 20.3 Å². The molecule has 17 heavy (non-hydrogen) atoms. The lowest BCUT2D eigenvalue weighted by molar-refractivity contribution is -0.117. The number of Topliss-reactive ketones (excluding diaryl/α,β-unsaturated/α-hetero) is 1. The van der Waals surface area contributed by atoms with E-state index in [0.717, 1.165) is 6.42 Å². The molecule has 0 aromatic heterocycles. The van der Waals surface area contributed by atoms with Crippen LogP contribution in [-0.4, -0.2) is 23.8 Å². The summed E-state index contributed by atoms with van der Waals surface area (Å²) < 4.78 is 0. The molecule has 0 aromatic carbocycles. The molecule has 98 valence electrons. The monoisotopic (exact) mass is 237 g/mol. The third kappa shape index (κ3) is 7.78. The zero-order valence-electron chi connectivity index (χ0n) is 11.9. The average Bonchev–Trinajstić information content (AvgIpc) is 2.24. The average molecular weight is 237 g/mol. The predicted molar refractivity (Wildman–Crippen MR) is 74.8 cm³/mol. The number of ketones is 1. The number of hydrogen-bond acceptors (Lipinski definition) is 2. The van der Waals surface area contributed by atoms with Crippen LogP contribution in [0.1, 0.15) is 40.5 Å². The van der Waals surface area contributed by atoms with Crippen molar-refractivity contribution in [2.75, 3.05) is 7.05 Å². The van der Waals surface area contributed by atoms with Gasteiger partial charge in [0.15, 0.2) is 0 Å². The summed E-state index contributed by atoms with van der Waals surface area (Å²) in [4.78, 5) is 13.1. The summed E-state index contributed by atoms with van der Waals surface area (Å²) >= 11 is 0. The fourth-order valence-corrected chi connectivity index (χ4v) is 1.86. The van der Waals surface area contributed by atoms with Crippen molar-refractivity contribution in [1.29, 1.82) is 0 Å². The van der Waals surface area contributed by atoms with Crippen LogP contribution in [0, 0.1) is 11.8 Å². The Labute approximate surface area is 106 Å². The van der Waals surface area contributed by atoms with Gasteiger partial charge in [-0.3, -0.25) is 0 Å². The second-order valence-electron chi connectivity index (χ2n) is 5.18. The highest BCUT2D eigenvalue weighted by molar-refractivity contribution is 5.75. The molecule has 0 aliphatic heterocycles. The molecular formula is C15H27NO. The van der Waals surface area contributed by atoms with E-state index < -0.39 is 0 Å². The normalized spacial score (nSPS) is 16.5. The maximum Gasteiger partial charge on any atom is 0.130 e. The largest absolute Gasteiger partial charge is 0.378 e. The molecule has 2 nitrogen and oxygen atoms in total. The van der Waals surface area contributed by atoms with E-state index in [4.69, 9.17) is 0 Å². The first-order chi connectivity index (χ1) is 7.86. The Balaban J connectivity index is 4.07. The lowest BCUT2D eigenvalue weighted by atomic mass is 9.98. The zero-order valence-corrected chi connectivity index (χ0v) is 11.9. The van der Waals surface area contributed by atoms with Crippen LogP contribution in [0.15, 0.2) is 24.9 Å². The van der Waals surface area contributed by atoms with Gasteiger partial charge in [-0.2, -0.15) is 0 Å². The van der Waals surface area contributed by atoms with E-state index in [1.165, 1.54) is 0 Å². The highest BCUT2D eigenvalue weighted by Crippen LogP contribution is 2.14. The molecule has 0 saturated heterocycles. The number of carbonyl (C=O) groups excluding carboxylic acids is 1. The molecule has 0 bridgehead atoms. The van der Waals surface area contributed by atoms with Crippen molar-refractivity contribution in [3.63, 3.8) is 0 Å². The predicted octanol–water partition coefficient (Wildman–Crippen LogP) is 3.65. The summed E-state index contributed by atoms with van der Waals surface area (Å²) in [7, 11) is 2.05. The Morgan fingerprint density at radius 3 is 2.24 bits per heavy atom. The summed E-state index contributed by atoms with van der Waals surface area (Å²) in [5.41, 5.74) is 0. The second-order valence-corrected chi connectivity index (χ2v) is 5.18. The van der Waals surface area contributed by atoms with E-state index in [1.54, 1.807) is 6.92 Å². The maximum atomic E-state index is 11.0. The number of carbonyl (C=O) groups is 1. The minimum atomic E-state index is 0.259. The van der Waals surface area contributed by atoms with Crippen LogP contribution in [-0.2, 0) is 4.79 Å². The Kier molecular flexibility index (Phi) is 7.60. The molecule has 0 amide bonds. The number of rotatable bonds is 8. The molecule has 0 spiro atoms. The summed E-state index contributed by atoms with van der Waals surface area (Å²) in [5.74, 6) is 1.14. The van der Waals surface area contributed by atoms with E-state index in [1.807, 2.05) is 13.2 Å². The first-order valence-corrected chi connectivity index (χ1v) is 6.39. The lowest BCUT2D eigenvalue weighted by Gasteiger charge is -2.24. The summed E-state index contributed by atoms with van der Waals surface area (Å²) in [6.07, 6.45) is 7.99. The van der Waals surface area contributed by atoms with Crippen LogP contribution in [0.4, 0.5) is 0 Å². The molecule has 0 aliphatic rings. The molecule has 0 heterocycles. The minimum absolute atomic E-state index is 0.259. The van der Waals surface area contributed by atoms with Gasteiger partial charge in [-0.1, -0.05) is 32.6 Å². The van der Waals surface area contributed by atoms with Crippen LogP contribution < -0.4 is 0 Å². The molecule has 0 saturated carbocycles. The third-order valence-electron chi connectivity index (χ3n) is 3.07. The van der Waals surface area contributed by atoms with Crippen molar-refractivity contribution in [2.24, 2.45) is 11.8 Å². The first-order valence-electron chi connectivity index (χ1n) is 6.39. The lowest BCUT2D eigenvalue weighted by Crippen LogP contribution is -2.25. The van der Waals surface area contributed by atoms with Gasteiger partial charge in [-0.05, 0) is 38.3 Å². The van der Waals surface area contributed by atoms with Crippen LogP contribution in [0.2, 0.25) is 0 Å². The summed E-state index contributed by atoms with van der Waals surface area (Å²) in [6.45, 7) is 11.9. The standard InChI is InChI=1S/C15H27NO/c1-7-16(6)14(4)10-12(2)8-9-13(3)11-15(5)17/h7-9,12-14H,1,10-11H2,2-6H3. The van der Waals surface area contributed by atoms with Crippen molar-refractivity contribution >= 4 is 5.78 Å². The Morgan fingerprint density at radius 2 is 1.76 bits per heavy atom. The summed E-state index contributed by atoms with van der Waals surface area (Å²) in [6, 6.07) is 0.496. The van der Waals surface area contributed by atoms with Gasteiger partial charge >= 0.3 is 0 Å². The van der Waals surface area contributed by atoms with Crippen LogP contribution in [0.3, 0.4) is 0 Å². The van der Waals surface area contributed by atoms with Gasteiger partial charge in [0.1, 0.15) is 5.78 Å². The van der Waals surface area contributed by atoms with E-state index >= 15 is 0 Å². The molecule has 3 unspecified atom stereocenters. The van der Waals surface area contributed by atoms with Crippen molar-refractivity contribution in [3.05, 3.63) is 24.9 Å². The molecule has 3 atom stereocenters. The van der Waals surface area contributed by atoms with E-state index in [0.29, 0.717) is 24.3 Å². The number of nitrogens with zero attached hydrogens (tertiary/aromatic N) is 1. The first kappa shape index (κ1) is 16.0. The van der Waals surface area contributed by atoms with Crippen LogP contribution in [0.5, 0.6) is 0 Å². The van der Waals surface area contributed by atoms with Gasteiger partial charge in [-0.15, -0.1) is 0 Å². The Bertz CT molecular complexity index is 270. The molecule has 0 aliphatic carbocycles. The highest BCUT2D eigenvalue weighted by atomic mass is 16.1. The third-order valence-corrected chi connectivity index (χ3v) is 3.07. The van der Waals surface area contributed by atoms with Crippen molar-refractivity contribution in [1.82, 2.24) is 4.90 Å². The van der Waals surface area contributed by atoms with E-state index in [9.17, 15) is 4.79 Å². The molecule has 0 N–H and O–H groups in total. The van der Waals surface area contributed by atoms with E-state index in [2.05, 4.69) is 44.4 Å². The minimum Gasteiger partial charge on any atom is -0.378 e. The Hall–Kier alpha value is -1.05. The molecule has 0 rings (SSSR count). The molecular weight excluding hydrogens is 210 g/mol. The number of hydrogen-bond donors (Lipinski definition) is 0. The van der Waals surface area contributed by atoms with Crippen LogP contribution >= 0.6 is 0 Å². The van der Waals surface area contributed by atoms with Gasteiger partial charge < -0.3 is 9.69 Å². The van der Waals surface area contributed by atoms with Crippen LogP contribution in [0.25, 0.3) is 0 Å². The Morgan fingerprint density at radius 1 is 1.24 bits per heavy atom. The smallest absolute Gasteiger partial charge is 0.130 e. The number of allylic oxidation sites excluding steroid dienone is 2. The molecule has 0 fully saturated rings. The molecule has 2 heteroatoms. The second kappa shape index (κ2) is 8.10. The van der Waals surface area contributed by atoms with Crippen molar-refractivity contribution < 1.29 is 4.79 Å². The van der Waals surface area contributed by atoms with Gasteiger partial charge in [0.2, 0.25) is 0 Å². The quantitative estimate of drug-likeness (QED) is 0.601. The fourth-order valence-electron chi connectivity index (χ4n) is 1.86. The molecule has 0 aromatic rings. The van der Waals surface area contributed by atoms with Gasteiger partial charge in [-0.25, -0.2) is 0 Å². The molecule has 0 radical (unpaired) electrons. The maximum absolute atomic E-state index is 11.0. The van der Waals surface area contributed by atoms with Gasteiger partial charge in [0, 0.05) is 19.5 Å². The van der Waals surface area contributed by atoms with Gasteiger partial charge in [0.05, 0.1) is 0 Å². The van der Waals surface area contributed by atoms with Crippen molar-refractivity contribution in [3.8, 4) is 0 Å². The SMILES string of the molecule is C=CN(C)C(C)CC(C)C=CC(C)CC(C)=O. The van der Waals surface area contributed by atoms with Crippen molar-refractivity contribution in [2.45, 2.75) is 46.6 Å². The highest BCUT2D eigenvalue weighted by Gasteiger charge is 2.09. The summed E-state index contributed by atoms with van der Waals surface area (Å²) in [5, 5.41) is 0.